The lowest BCUT2D eigenvalue weighted by atomic mass is 9.99. The molecule has 1 aromatic carbocycles. The fourth-order valence-corrected chi connectivity index (χ4v) is 2.78. The molecule has 1 aromatic heterocycles. The third-order valence-corrected chi connectivity index (χ3v) is 3.74. The molecule has 4 nitrogen and oxygen atoms in total. The van der Waals surface area contributed by atoms with Crippen LogP contribution in [0.5, 0.6) is 0 Å². The van der Waals surface area contributed by atoms with E-state index in [1.807, 2.05) is 6.33 Å². The molecule has 2 heterocycles. The number of nitrogens with one attached hydrogen (secondary N) is 1. The van der Waals surface area contributed by atoms with Gasteiger partial charge in [-0.2, -0.15) is 0 Å². The second kappa shape index (κ2) is 5.53. The third kappa shape index (κ3) is 2.84. The molecule has 4 heteroatoms. The molecule has 0 aliphatic carbocycles. The molecular weight excluding hydrogens is 236 g/mol. The molecule has 2 aromatic rings. The molecule has 1 aliphatic rings. The number of aryl methyl sites for hydroxylation is 1. The highest BCUT2D eigenvalue weighted by Crippen LogP contribution is 2.21. The van der Waals surface area contributed by atoms with Gasteiger partial charge in [0.2, 0.25) is 0 Å². The van der Waals surface area contributed by atoms with E-state index in [0.717, 1.165) is 25.5 Å². The Hall–Kier alpha value is -1.68. The molecule has 1 atom stereocenters. The van der Waals surface area contributed by atoms with Crippen molar-refractivity contribution < 1.29 is 0 Å². The summed E-state index contributed by atoms with van der Waals surface area (Å²) in [6.45, 7) is 5.14. The van der Waals surface area contributed by atoms with Gasteiger partial charge in [-0.25, -0.2) is 0 Å². The Balaban J connectivity index is 1.80. The number of hydrogen-bond donors (Lipinski definition) is 1. The van der Waals surface area contributed by atoms with E-state index in [1.165, 1.54) is 24.0 Å². The smallest absolute Gasteiger partial charge is 0.137 e. The van der Waals surface area contributed by atoms with Crippen molar-refractivity contribution in [2.75, 3.05) is 13.1 Å². The van der Waals surface area contributed by atoms with E-state index in [0.29, 0.717) is 5.92 Å². The summed E-state index contributed by atoms with van der Waals surface area (Å²) in [5.41, 5.74) is 2.61. The van der Waals surface area contributed by atoms with Crippen LogP contribution in [-0.4, -0.2) is 27.9 Å². The summed E-state index contributed by atoms with van der Waals surface area (Å²) >= 11 is 0. The van der Waals surface area contributed by atoms with Crippen LogP contribution in [-0.2, 0) is 6.54 Å². The fraction of sp³-hybridized carbons (Fsp3) is 0.467. The molecule has 1 aliphatic heterocycles. The Morgan fingerprint density at radius 3 is 3.16 bits per heavy atom. The molecule has 0 amide bonds. The lowest BCUT2D eigenvalue weighted by molar-refractivity contribution is 0.435. The van der Waals surface area contributed by atoms with E-state index in [-0.39, 0.29) is 0 Å². The lowest BCUT2D eigenvalue weighted by Crippen LogP contribution is -2.30. The van der Waals surface area contributed by atoms with Crippen LogP contribution in [0.3, 0.4) is 0 Å². The molecule has 1 fully saturated rings. The number of piperidine rings is 1. The quantitative estimate of drug-likeness (QED) is 0.914. The summed E-state index contributed by atoms with van der Waals surface area (Å²) in [7, 11) is 0. The van der Waals surface area contributed by atoms with E-state index < -0.39 is 0 Å². The Labute approximate surface area is 113 Å². The zero-order chi connectivity index (χ0) is 13.1. The molecule has 0 spiro atoms. The standard InChI is InChI=1S/C15H20N4/c1-12-4-2-5-13(8-12)10-19-11-17-18-15(19)14-6-3-7-16-9-14/h2,4-5,8,11,14,16H,3,6-7,9-10H2,1H3. The second-order valence-electron chi connectivity index (χ2n) is 5.35. The van der Waals surface area contributed by atoms with Crippen molar-refractivity contribution in [1.29, 1.82) is 0 Å². The highest BCUT2D eigenvalue weighted by Gasteiger charge is 2.20. The van der Waals surface area contributed by atoms with Gasteiger partial charge in [0.1, 0.15) is 12.2 Å². The maximum absolute atomic E-state index is 4.33. The van der Waals surface area contributed by atoms with E-state index in [4.69, 9.17) is 0 Å². The SMILES string of the molecule is Cc1cccc(Cn2cnnc2C2CCCNC2)c1. The van der Waals surface area contributed by atoms with E-state index in [1.54, 1.807) is 0 Å². The van der Waals surface area contributed by atoms with Crippen LogP contribution in [0.2, 0.25) is 0 Å². The highest BCUT2D eigenvalue weighted by atomic mass is 15.3. The first-order valence-electron chi connectivity index (χ1n) is 6.97. The average Bonchev–Trinajstić information content (AvgIpc) is 2.88. The predicted octanol–water partition coefficient (Wildman–Crippen LogP) is 2.10. The molecule has 0 radical (unpaired) electrons. The lowest BCUT2D eigenvalue weighted by Gasteiger charge is -2.22. The topological polar surface area (TPSA) is 42.7 Å². The molecule has 1 saturated heterocycles. The van der Waals surface area contributed by atoms with Crippen molar-refractivity contribution in [3.05, 3.63) is 47.5 Å². The summed E-state index contributed by atoms with van der Waals surface area (Å²) in [6.07, 6.45) is 4.29. The van der Waals surface area contributed by atoms with Crippen LogP contribution in [0.15, 0.2) is 30.6 Å². The van der Waals surface area contributed by atoms with Gasteiger partial charge in [-0.1, -0.05) is 29.8 Å². The molecule has 100 valence electrons. The Morgan fingerprint density at radius 1 is 1.42 bits per heavy atom. The number of nitrogens with zero attached hydrogens (tertiary/aromatic N) is 3. The second-order valence-corrected chi connectivity index (χ2v) is 5.35. The minimum Gasteiger partial charge on any atom is -0.316 e. The van der Waals surface area contributed by atoms with Crippen LogP contribution >= 0.6 is 0 Å². The Morgan fingerprint density at radius 2 is 2.37 bits per heavy atom. The monoisotopic (exact) mass is 256 g/mol. The third-order valence-electron chi connectivity index (χ3n) is 3.74. The van der Waals surface area contributed by atoms with Gasteiger partial charge in [0.05, 0.1) is 6.54 Å². The van der Waals surface area contributed by atoms with Crippen LogP contribution < -0.4 is 5.32 Å². The van der Waals surface area contributed by atoms with Gasteiger partial charge in [0, 0.05) is 12.5 Å². The number of aromatic nitrogens is 3. The van der Waals surface area contributed by atoms with Gasteiger partial charge in [0.25, 0.3) is 0 Å². The fourth-order valence-electron chi connectivity index (χ4n) is 2.78. The van der Waals surface area contributed by atoms with Crippen LogP contribution in [0.25, 0.3) is 0 Å². The van der Waals surface area contributed by atoms with Crippen LogP contribution in [0.1, 0.15) is 35.7 Å². The molecule has 0 saturated carbocycles. The van der Waals surface area contributed by atoms with E-state index >= 15 is 0 Å². The zero-order valence-electron chi connectivity index (χ0n) is 11.3. The van der Waals surface area contributed by atoms with E-state index in [9.17, 15) is 0 Å². The molecule has 1 N–H and O–H groups in total. The maximum atomic E-state index is 4.33. The number of benzene rings is 1. The van der Waals surface area contributed by atoms with Gasteiger partial charge < -0.3 is 9.88 Å². The summed E-state index contributed by atoms with van der Waals surface area (Å²) < 4.78 is 2.19. The number of hydrogen-bond acceptors (Lipinski definition) is 3. The van der Waals surface area contributed by atoms with Crippen LogP contribution in [0.4, 0.5) is 0 Å². The molecule has 1 unspecified atom stereocenters. The van der Waals surface area contributed by atoms with Crippen molar-refractivity contribution >= 4 is 0 Å². The minimum absolute atomic E-state index is 0.501. The summed E-state index contributed by atoms with van der Waals surface area (Å²) in [5, 5.41) is 11.9. The molecule has 3 rings (SSSR count). The van der Waals surface area contributed by atoms with Crippen molar-refractivity contribution in [3.8, 4) is 0 Å². The van der Waals surface area contributed by atoms with Crippen molar-refractivity contribution in [2.45, 2.75) is 32.2 Å². The minimum atomic E-state index is 0.501. The first-order chi connectivity index (χ1) is 9.33. The van der Waals surface area contributed by atoms with E-state index in [2.05, 4.69) is 51.3 Å². The molecule has 19 heavy (non-hydrogen) atoms. The van der Waals surface area contributed by atoms with Gasteiger partial charge >= 0.3 is 0 Å². The van der Waals surface area contributed by atoms with Crippen molar-refractivity contribution in [3.63, 3.8) is 0 Å². The highest BCUT2D eigenvalue weighted by molar-refractivity contribution is 5.22. The molecular formula is C15H20N4. The first-order valence-corrected chi connectivity index (χ1v) is 6.97. The normalized spacial score (nSPS) is 19.5. The number of rotatable bonds is 3. The summed E-state index contributed by atoms with van der Waals surface area (Å²) in [6, 6.07) is 8.62. The first kappa shape index (κ1) is 12.4. The largest absolute Gasteiger partial charge is 0.316 e. The zero-order valence-corrected chi connectivity index (χ0v) is 11.3. The summed E-state index contributed by atoms with van der Waals surface area (Å²) in [5.74, 6) is 1.62. The van der Waals surface area contributed by atoms with Gasteiger partial charge in [-0.05, 0) is 31.9 Å². The van der Waals surface area contributed by atoms with Crippen molar-refractivity contribution in [1.82, 2.24) is 20.1 Å². The van der Waals surface area contributed by atoms with Crippen molar-refractivity contribution in [2.24, 2.45) is 0 Å². The van der Waals surface area contributed by atoms with Gasteiger partial charge in [-0.15, -0.1) is 10.2 Å². The van der Waals surface area contributed by atoms with Gasteiger partial charge in [0.15, 0.2) is 0 Å². The Bertz CT molecular complexity index is 541. The summed E-state index contributed by atoms with van der Waals surface area (Å²) in [4.78, 5) is 0. The maximum Gasteiger partial charge on any atom is 0.137 e. The predicted molar refractivity (Wildman–Crippen MR) is 75.1 cm³/mol. The average molecular weight is 256 g/mol. The Kier molecular flexibility index (Phi) is 3.60. The van der Waals surface area contributed by atoms with Gasteiger partial charge in [-0.3, -0.25) is 0 Å². The molecule has 0 bridgehead atoms. The van der Waals surface area contributed by atoms with Crippen LogP contribution in [0, 0.1) is 6.92 Å².